The van der Waals surface area contributed by atoms with Crippen molar-refractivity contribution in [3.05, 3.63) is 29.6 Å². The fraction of sp³-hybridized carbons (Fsp3) is 0.529. The minimum absolute atomic E-state index is 0.175. The van der Waals surface area contributed by atoms with Gasteiger partial charge in [0.1, 0.15) is 5.82 Å². The largest absolute Gasteiger partial charge is 0.419 e. The van der Waals surface area contributed by atoms with Crippen molar-refractivity contribution in [2.75, 3.05) is 31.6 Å². The standard InChI is InChI=1S/C17H20F4N4O3/c18-12-2-1-10(7-11(12)17(19,20)21)22-15(26)8-13-23-14(9-16(27)24-13)25-3-5-28-6-4-25/h1-2,7,13-14,23H,3-6,8-9H2,(H,22,26)(H,24,27). The number of carbonyl (C=O) groups excluding carboxylic acids is 2. The first-order valence-corrected chi connectivity index (χ1v) is 8.76. The maximum absolute atomic E-state index is 13.3. The number of alkyl halides is 3. The zero-order chi connectivity index (χ0) is 20.3. The van der Waals surface area contributed by atoms with Crippen LogP contribution in [0.3, 0.4) is 0 Å². The molecule has 0 aromatic heterocycles. The van der Waals surface area contributed by atoms with Crippen LogP contribution in [0, 0.1) is 5.82 Å². The summed E-state index contributed by atoms with van der Waals surface area (Å²) in [4.78, 5) is 26.2. The van der Waals surface area contributed by atoms with Crippen LogP contribution in [0.5, 0.6) is 0 Å². The number of benzene rings is 1. The van der Waals surface area contributed by atoms with Crippen LogP contribution in [0.15, 0.2) is 18.2 Å². The van der Waals surface area contributed by atoms with Gasteiger partial charge in [0.05, 0.1) is 44.0 Å². The lowest BCUT2D eigenvalue weighted by molar-refractivity contribution is -0.140. The predicted molar refractivity (Wildman–Crippen MR) is 90.5 cm³/mol. The van der Waals surface area contributed by atoms with Crippen molar-refractivity contribution in [1.82, 2.24) is 15.5 Å². The molecule has 2 aliphatic rings. The molecule has 28 heavy (non-hydrogen) atoms. The number of morpholine rings is 1. The third kappa shape index (κ3) is 5.18. The Hall–Kier alpha value is -2.24. The Labute approximate surface area is 158 Å². The minimum atomic E-state index is -4.87. The van der Waals surface area contributed by atoms with Crippen LogP contribution in [0.25, 0.3) is 0 Å². The molecule has 0 radical (unpaired) electrons. The van der Waals surface area contributed by atoms with Crippen LogP contribution in [-0.4, -0.2) is 55.3 Å². The smallest absolute Gasteiger partial charge is 0.379 e. The molecule has 0 spiro atoms. The van der Waals surface area contributed by atoms with E-state index < -0.39 is 29.6 Å². The van der Waals surface area contributed by atoms with Gasteiger partial charge in [-0.05, 0) is 18.2 Å². The quantitative estimate of drug-likeness (QED) is 0.659. The first-order chi connectivity index (χ1) is 13.2. The third-order valence-corrected chi connectivity index (χ3v) is 4.54. The summed E-state index contributed by atoms with van der Waals surface area (Å²) in [5.41, 5.74) is -1.63. The van der Waals surface area contributed by atoms with E-state index in [1.54, 1.807) is 0 Å². The van der Waals surface area contributed by atoms with Crippen molar-refractivity contribution in [3.63, 3.8) is 0 Å². The maximum atomic E-state index is 13.3. The van der Waals surface area contributed by atoms with Crippen molar-refractivity contribution in [2.24, 2.45) is 0 Å². The summed E-state index contributed by atoms with van der Waals surface area (Å²) < 4.78 is 56.9. The van der Waals surface area contributed by atoms with Crippen LogP contribution < -0.4 is 16.0 Å². The van der Waals surface area contributed by atoms with Crippen LogP contribution in [0.4, 0.5) is 23.2 Å². The Morgan fingerprint density at radius 2 is 2.00 bits per heavy atom. The molecular formula is C17H20F4N4O3. The number of nitrogens with zero attached hydrogens (tertiary/aromatic N) is 1. The normalized spacial score (nSPS) is 23.9. The number of halogens is 4. The molecule has 0 aliphatic carbocycles. The molecule has 2 amide bonds. The molecule has 2 aliphatic heterocycles. The summed E-state index contributed by atoms with van der Waals surface area (Å²) in [5, 5.41) is 8.10. The van der Waals surface area contributed by atoms with Crippen molar-refractivity contribution >= 4 is 17.5 Å². The molecule has 2 saturated heterocycles. The number of ether oxygens (including phenoxy) is 1. The topological polar surface area (TPSA) is 82.7 Å². The van der Waals surface area contributed by atoms with Gasteiger partial charge in [0.2, 0.25) is 11.8 Å². The predicted octanol–water partition coefficient (Wildman–Crippen LogP) is 1.27. The van der Waals surface area contributed by atoms with Crippen LogP contribution in [0.2, 0.25) is 0 Å². The first-order valence-electron chi connectivity index (χ1n) is 8.76. The lowest BCUT2D eigenvalue weighted by Gasteiger charge is -2.40. The highest BCUT2D eigenvalue weighted by Crippen LogP contribution is 2.33. The second-order valence-corrected chi connectivity index (χ2v) is 6.60. The molecule has 7 nitrogen and oxygen atoms in total. The van der Waals surface area contributed by atoms with E-state index in [1.807, 2.05) is 4.90 Å². The summed E-state index contributed by atoms with van der Waals surface area (Å²) in [5.74, 6) is -2.26. The van der Waals surface area contributed by atoms with Crippen molar-refractivity contribution in [3.8, 4) is 0 Å². The van der Waals surface area contributed by atoms with Gasteiger partial charge in [-0.3, -0.25) is 19.8 Å². The average molecular weight is 404 g/mol. The highest BCUT2D eigenvalue weighted by Gasteiger charge is 2.35. The number of nitrogens with one attached hydrogen (secondary N) is 3. The summed E-state index contributed by atoms with van der Waals surface area (Å²) >= 11 is 0. The Morgan fingerprint density at radius 1 is 1.29 bits per heavy atom. The van der Waals surface area contributed by atoms with E-state index in [0.717, 1.165) is 6.07 Å². The molecule has 1 aromatic carbocycles. The van der Waals surface area contributed by atoms with Gasteiger partial charge >= 0.3 is 6.18 Å². The molecule has 2 fully saturated rings. The number of hydrogen-bond donors (Lipinski definition) is 3. The first kappa shape index (κ1) is 20.5. The molecule has 0 bridgehead atoms. The molecule has 2 unspecified atom stereocenters. The monoisotopic (exact) mass is 404 g/mol. The molecule has 2 atom stereocenters. The van der Waals surface area contributed by atoms with E-state index in [1.165, 1.54) is 0 Å². The van der Waals surface area contributed by atoms with E-state index in [-0.39, 0.29) is 30.6 Å². The Bertz CT molecular complexity index is 738. The van der Waals surface area contributed by atoms with Gasteiger partial charge in [-0.2, -0.15) is 13.2 Å². The lowest BCUT2D eigenvalue weighted by Crippen LogP contribution is -2.63. The van der Waals surface area contributed by atoms with Crippen LogP contribution in [-0.2, 0) is 20.5 Å². The molecular weight excluding hydrogens is 384 g/mol. The van der Waals surface area contributed by atoms with Crippen LogP contribution >= 0.6 is 0 Å². The number of rotatable bonds is 4. The summed E-state index contributed by atoms with van der Waals surface area (Å²) in [7, 11) is 0. The van der Waals surface area contributed by atoms with E-state index >= 15 is 0 Å². The van der Waals surface area contributed by atoms with Gasteiger partial charge in [-0.1, -0.05) is 0 Å². The second-order valence-electron chi connectivity index (χ2n) is 6.60. The Kier molecular flexibility index (Phi) is 6.16. The zero-order valence-corrected chi connectivity index (χ0v) is 14.8. The van der Waals surface area contributed by atoms with Gasteiger partial charge < -0.3 is 15.4 Å². The van der Waals surface area contributed by atoms with Gasteiger partial charge in [-0.15, -0.1) is 0 Å². The minimum Gasteiger partial charge on any atom is -0.379 e. The fourth-order valence-corrected chi connectivity index (χ4v) is 3.21. The van der Waals surface area contributed by atoms with Gasteiger partial charge in [0.15, 0.2) is 0 Å². The fourth-order valence-electron chi connectivity index (χ4n) is 3.21. The van der Waals surface area contributed by atoms with Gasteiger partial charge in [0.25, 0.3) is 0 Å². The zero-order valence-electron chi connectivity index (χ0n) is 14.8. The molecule has 11 heteroatoms. The number of carbonyl (C=O) groups is 2. The van der Waals surface area contributed by atoms with E-state index in [2.05, 4.69) is 16.0 Å². The molecule has 2 heterocycles. The number of anilines is 1. The van der Waals surface area contributed by atoms with Gasteiger partial charge in [0, 0.05) is 18.8 Å². The molecule has 3 N–H and O–H groups in total. The van der Waals surface area contributed by atoms with Gasteiger partial charge in [-0.25, -0.2) is 4.39 Å². The van der Waals surface area contributed by atoms with Crippen molar-refractivity contribution in [1.29, 1.82) is 0 Å². The SMILES string of the molecule is O=C(CC1NC(=O)CC(N2CCOCC2)N1)Nc1ccc(F)c(C(F)(F)F)c1. The van der Waals surface area contributed by atoms with E-state index in [0.29, 0.717) is 38.4 Å². The third-order valence-electron chi connectivity index (χ3n) is 4.54. The highest BCUT2D eigenvalue weighted by atomic mass is 19.4. The molecule has 3 rings (SSSR count). The van der Waals surface area contributed by atoms with Crippen molar-refractivity contribution < 1.29 is 31.9 Å². The van der Waals surface area contributed by atoms with Crippen LogP contribution in [0.1, 0.15) is 18.4 Å². The lowest BCUT2D eigenvalue weighted by atomic mass is 10.1. The molecule has 1 aromatic rings. The average Bonchev–Trinajstić information content (AvgIpc) is 2.62. The summed E-state index contributed by atoms with van der Waals surface area (Å²) in [6.07, 6.45) is -5.75. The summed E-state index contributed by atoms with van der Waals surface area (Å²) in [6.45, 7) is 2.41. The van der Waals surface area contributed by atoms with E-state index in [4.69, 9.17) is 4.74 Å². The number of amides is 2. The van der Waals surface area contributed by atoms with E-state index in [9.17, 15) is 27.2 Å². The maximum Gasteiger partial charge on any atom is 0.419 e. The molecule has 0 saturated carbocycles. The molecule has 154 valence electrons. The summed E-state index contributed by atoms with van der Waals surface area (Å²) in [6, 6.07) is 2.23. The Balaban J connectivity index is 1.60. The number of hydrogen-bond acceptors (Lipinski definition) is 5. The Morgan fingerprint density at radius 3 is 2.68 bits per heavy atom. The van der Waals surface area contributed by atoms with Crippen molar-refractivity contribution in [2.45, 2.75) is 31.3 Å². The second kappa shape index (κ2) is 8.41. The highest BCUT2D eigenvalue weighted by molar-refractivity contribution is 5.91.